The molecule has 0 saturated heterocycles. The van der Waals surface area contributed by atoms with Crippen molar-refractivity contribution in [2.45, 2.75) is 57.4 Å². The van der Waals surface area contributed by atoms with Crippen molar-refractivity contribution >= 4 is 34.1 Å². The number of phenols is 1. The maximum absolute atomic E-state index is 12.3. The number of hydrogen-bond acceptors (Lipinski definition) is 5. The molecule has 0 unspecified atom stereocenters. The zero-order valence-electron chi connectivity index (χ0n) is 21.8. The Bertz CT molecular complexity index is 1420. The van der Waals surface area contributed by atoms with Crippen LogP contribution in [0, 0.1) is 0 Å². The first-order chi connectivity index (χ1) is 18.4. The van der Waals surface area contributed by atoms with Gasteiger partial charge in [0, 0.05) is 47.6 Å². The molecule has 0 fully saturated rings. The summed E-state index contributed by atoms with van der Waals surface area (Å²) >= 11 is 6.30. The molecule has 2 aromatic carbocycles. The van der Waals surface area contributed by atoms with Crippen molar-refractivity contribution in [3.63, 3.8) is 0 Å². The molecule has 6 nitrogen and oxygen atoms in total. The van der Waals surface area contributed by atoms with E-state index in [1.54, 1.807) is 18.2 Å². The number of aromatic nitrogens is 1. The highest BCUT2D eigenvalue weighted by Crippen LogP contribution is 2.47. The van der Waals surface area contributed by atoms with Crippen molar-refractivity contribution in [1.29, 1.82) is 0 Å². The second-order valence-corrected chi connectivity index (χ2v) is 10.7. The molecule has 1 aromatic heterocycles. The van der Waals surface area contributed by atoms with E-state index in [0.29, 0.717) is 29.7 Å². The predicted octanol–water partition coefficient (Wildman–Crippen LogP) is 6.81. The van der Waals surface area contributed by atoms with E-state index in [0.717, 1.165) is 67.2 Å². The lowest BCUT2D eigenvalue weighted by molar-refractivity contribution is -0.121. The van der Waals surface area contributed by atoms with Crippen LogP contribution in [0.4, 0.5) is 5.69 Å². The van der Waals surface area contributed by atoms with Gasteiger partial charge in [0.1, 0.15) is 0 Å². The minimum atomic E-state index is 0.0254. The van der Waals surface area contributed by atoms with Crippen LogP contribution in [0.15, 0.2) is 60.2 Å². The monoisotopic (exact) mass is 531 g/mol. The molecule has 7 heteroatoms. The zero-order chi connectivity index (χ0) is 26.6. The van der Waals surface area contributed by atoms with Crippen molar-refractivity contribution in [2.24, 2.45) is 0 Å². The van der Waals surface area contributed by atoms with Crippen LogP contribution in [0.5, 0.6) is 11.5 Å². The number of anilines is 1. The number of unbranched alkanes of at least 4 members (excludes halogenated alkanes) is 2. The number of phenolic OH excluding ortho intramolecular Hbond substituents is 1. The highest BCUT2D eigenvalue weighted by Gasteiger charge is 2.31. The molecule has 198 valence electrons. The summed E-state index contributed by atoms with van der Waals surface area (Å²) in [7, 11) is 1.51. The highest BCUT2D eigenvalue weighted by atomic mass is 35.5. The van der Waals surface area contributed by atoms with Crippen molar-refractivity contribution < 1.29 is 14.6 Å². The van der Waals surface area contributed by atoms with Crippen molar-refractivity contribution in [3.8, 4) is 11.5 Å². The third-order valence-corrected chi connectivity index (χ3v) is 7.64. The van der Waals surface area contributed by atoms with Crippen LogP contribution in [0.2, 0.25) is 5.02 Å². The van der Waals surface area contributed by atoms with E-state index in [-0.39, 0.29) is 11.7 Å². The summed E-state index contributed by atoms with van der Waals surface area (Å²) in [6.45, 7) is 5.48. The van der Waals surface area contributed by atoms with Gasteiger partial charge in [-0.25, -0.2) is 0 Å². The Morgan fingerprint density at radius 3 is 2.89 bits per heavy atom. The molecule has 1 heterocycles. The number of nitrogens with one attached hydrogen (secondary N) is 2. The third kappa shape index (κ3) is 5.81. The van der Waals surface area contributed by atoms with Crippen molar-refractivity contribution in [2.75, 3.05) is 19.0 Å². The number of rotatable bonds is 10. The minimum absolute atomic E-state index is 0.0254. The Kier molecular flexibility index (Phi) is 7.89. The number of ether oxygens (including phenoxy) is 1. The molecule has 2 bridgehead atoms. The minimum Gasteiger partial charge on any atom is -0.504 e. The lowest BCUT2D eigenvalue weighted by Gasteiger charge is -2.33. The first kappa shape index (κ1) is 26.1. The number of nitrogens with zero attached hydrogens (tertiary/aromatic N) is 1. The number of benzene rings is 2. The van der Waals surface area contributed by atoms with Crippen molar-refractivity contribution in [1.82, 2.24) is 10.3 Å². The van der Waals surface area contributed by atoms with E-state index in [2.05, 4.69) is 29.4 Å². The zero-order valence-corrected chi connectivity index (χ0v) is 22.5. The van der Waals surface area contributed by atoms with Crippen LogP contribution in [-0.4, -0.2) is 29.7 Å². The number of aromatic hydroxyl groups is 1. The molecule has 38 heavy (non-hydrogen) atoms. The van der Waals surface area contributed by atoms with Gasteiger partial charge in [0.05, 0.1) is 18.3 Å². The van der Waals surface area contributed by atoms with Gasteiger partial charge in [-0.15, -0.1) is 0 Å². The van der Waals surface area contributed by atoms with Gasteiger partial charge < -0.3 is 20.5 Å². The standard InChI is InChI=1S/C31H34ClN3O3/c1-19-12-21-14-22(13-19)30-26(15-21)35-25-17-23(32)8-9-24(25)31(30)33-11-5-3-4-6-29(37)34-18-20-7-10-27(36)28(16-20)38-2/h7-10,12,16-17,22,36H,1,3-6,11,13-15,18H2,2H3,(H,33,35)(H,34,37)/t22-/m1/s1. The second kappa shape index (κ2) is 11.5. The average molecular weight is 532 g/mol. The SMILES string of the molecule is C=C1C=C2Cc3nc4cc(Cl)ccc4c(NCCCCCC(=O)NCc4ccc(O)c(OC)c4)c3[C@H](C1)C2. The summed E-state index contributed by atoms with van der Waals surface area (Å²) in [5.74, 6) is 0.933. The first-order valence-corrected chi connectivity index (χ1v) is 13.6. The molecule has 3 N–H and O–H groups in total. The number of fused-ring (bicyclic) bond motifs is 5. The number of amides is 1. The van der Waals surface area contributed by atoms with Gasteiger partial charge in [-0.2, -0.15) is 0 Å². The Morgan fingerprint density at radius 1 is 1.18 bits per heavy atom. The van der Waals surface area contributed by atoms with E-state index in [4.69, 9.17) is 21.3 Å². The molecule has 2 aliphatic carbocycles. The Balaban J connectivity index is 1.16. The topological polar surface area (TPSA) is 83.5 Å². The van der Waals surface area contributed by atoms with E-state index in [1.165, 1.54) is 29.5 Å². The maximum atomic E-state index is 12.3. The Hall–Kier alpha value is -3.51. The summed E-state index contributed by atoms with van der Waals surface area (Å²) < 4.78 is 5.13. The quantitative estimate of drug-likeness (QED) is 0.250. The van der Waals surface area contributed by atoms with Crippen LogP contribution >= 0.6 is 11.6 Å². The number of carbonyl (C=O) groups is 1. The molecule has 2 aliphatic rings. The summed E-state index contributed by atoms with van der Waals surface area (Å²) in [5, 5.41) is 18.2. The second-order valence-electron chi connectivity index (χ2n) is 10.3. The van der Waals surface area contributed by atoms with Gasteiger partial charge >= 0.3 is 0 Å². The largest absolute Gasteiger partial charge is 0.504 e. The number of pyridine rings is 1. The fourth-order valence-electron chi connectivity index (χ4n) is 5.64. The molecule has 1 amide bonds. The number of hydrogen-bond donors (Lipinski definition) is 3. The van der Waals surface area contributed by atoms with Crippen LogP contribution in [0.1, 0.15) is 61.3 Å². The van der Waals surface area contributed by atoms with Crippen LogP contribution in [0.3, 0.4) is 0 Å². The normalized spacial score (nSPS) is 16.1. The number of carbonyl (C=O) groups excluding carboxylic acids is 1. The van der Waals surface area contributed by atoms with Crippen LogP contribution < -0.4 is 15.4 Å². The highest BCUT2D eigenvalue weighted by molar-refractivity contribution is 6.31. The van der Waals surface area contributed by atoms with E-state index in [1.807, 2.05) is 12.1 Å². The fraction of sp³-hybridized carbons (Fsp3) is 0.355. The molecule has 3 aromatic rings. The van der Waals surface area contributed by atoms with Crippen LogP contribution in [-0.2, 0) is 17.8 Å². The molecule has 5 rings (SSSR count). The summed E-state index contributed by atoms with van der Waals surface area (Å²) in [6, 6.07) is 11.0. The number of halogens is 1. The van der Waals surface area contributed by atoms with Gasteiger partial charge in [0.2, 0.25) is 5.91 Å². The number of methoxy groups -OCH3 is 1. The Labute approximate surface area is 228 Å². The maximum Gasteiger partial charge on any atom is 0.220 e. The molecule has 0 spiro atoms. The Morgan fingerprint density at radius 2 is 2.05 bits per heavy atom. The first-order valence-electron chi connectivity index (χ1n) is 13.3. The molecular weight excluding hydrogens is 498 g/mol. The molecular formula is C31H34ClN3O3. The van der Waals surface area contributed by atoms with Crippen LogP contribution in [0.25, 0.3) is 10.9 Å². The lowest BCUT2D eigenvalue weighted by Crippen LogP contribution is -2.22. The fourth-order valence-corrected chi connectivity index (χ4v) is 5.81. The predicted molar refractivity (Wildman–Crippen MR) is 153 cm³/mol. The van der Waals surface area contributed by atoms with Gasteiger partial charge in [-0.1, -0.05) is 47.9 Å². The molecule has 1 atom stereocenters. The molecule has 0 aliphatic heterocycles. The van der Waals surface area contributed by atoms with E-state index < -0.39 is 0 Å². The third-order valence-electron chi connectivity index (χ3n) is 7.41. The smallest absolute Gasteiger partial charge is 0.220 e. The van der Waals surface area contributed by atoms with E-state index >= 15 is 0 Å². The summed E-state index contributed by atoms with van der Waals surface area (Å²) in [5.41, 5.74) is 8.11. The van der Waals surface area contributed by atoms with Crippen molar-refractivity contribution in [3.05, 3.63) is 82.0 Å². The molecule has 0 radical (unpaired) electrons. The average Bonchev–Trinajstić information content (AvgIpc) is 2.89. The molecule has 0 saturated carbocycles. The summed E-state index contributed by atoms with van der Waals surface area (Å²) in [6.07, 6.45) is 8.40. The number of allylic oxidation sites excluding steroid dienone is 3. The van der Waals surface area contributed by atoms with Gasteiger partial charge in [0.25, 0.3) is 0 Å². The van der Waals surface area contributed by atoms with E-state index in [9.17, 15) is 9.90 Å². The lowest BCUT2D eigenvalue weighted by atomic mass is 9.74. The van der Waals surface area contributed by atoms with Gasteiger partial charge in [-0.3, -0.25) is 9.78 Å². The van der Waals surface area contributed by atoms with Gasteiger partial charge in [0.15, 0.2) is 11.5 Å². The van der Waals surface area contributed by atoms with Gasteiger partial charge in [-0.05, 0) is 67.5 Å². The summed E-state index contributed by atoms with van der Waals surface area (Å²) in [4.78, 5) is 17.3.